The van der Waals surface area contributed by atoms with E-state index in [0.29, 0.717) is 19.6 Å². The highest BCUT2D eigenvalue weighted by atomic mass is 16.5. The SMILES string of the molecule is O=C(CCCN1CCCN(CCO)CC1)N1CCOCC1. The van der Waals surface area contributed by atoms with Gasteiger partial charge in [0.05, 0.1) is 19.8 Å². The molecule has 0 aromatic carbocycles. The number of ether oxygens (including phenoxy) is 1. The van der Waals surface area contributed by atoms with Crippen LogP contribution in [0.2, 0.25) is 0 Å². The van der Waals surface area contributed by atoms with E-state index in [1.165, 1.54) is 0 Å². The summed E-state index contributed by atoms with van der Waals surface area (Å²) in [6, 6.07) is 0. The van der Waals surface area contributed by atoms with Crippen molar-refractivity contribution in [2.24, 2.45) is 0 Å². The van der Waals surface area contributed by atoms with Gasteiger partial charge in [-0.3, -0.25) is 9.69 Å². The number of carbonyl (C=O) groups is 1. The number of hydrogen-bond donors (Lipinski definition) is 1. The predicted octanol–water partition coefficient (Wildman–Crippen LogP) is -0.375. The van der Waals surface area contributed by atoms with Crippen LogP contribution >= 0.6 is 0 Å². The zero-order chi connectivity index (χ0) is 14.9. The summed E-state index contributed by atoms with van der Waals surface area (Å²) in [7, 11) is 0. The highest BCUT2D eigenvalue weighted by Gasteiger charge is 2.18. The van der Waals surface area contributed by atoms with E-state index >= 15 is 0 Å². The summed E-state index contributed by atoms with van der Waals surface area (Å²) in [4.78, 5) is 18.8. The van der Waals surface area contributed by atoms with Gasteiger partial charge in [0.25, 0.3) is 0 Å². The van der Waals surface area contributed by atoms with Gasteiger partial charge >= 0.3 is 0 Å². The second-order valence-corrected chi connectivity index (χ2v) is 5.86. The maximum atomic E-state index is 12.1. The quantitative estimate of drug-likeness (QED) is 0.725. The van der Waals surface area contributed by atoms with E-state index in [4.69, 9.17) is 9.84 Å². The molecule has 0 aliphatic carbocycles. The van der Waals surface area contributed by atoms with E-state index in [1.807, 2.05) is 4.90 Å². The number of amides is 1. The summed E-state index contributed by atoms with van der Waals surface area (Å²) >= 11 is 0. The van der Waals surface area contributed by atoms with Crippen molar-refractivity contribution < 1.29 is 14.6 Å². The third-order valence-corrected chi connectivity index (χ3v) is 4.33. The number of aliphatic hydroxyl groups is 1. The van der Waals surface area contributed by atoms with Crippen molar-refractivity contribution in [2.75, 3.05) is 72.2 Å². The minimum absolute atomic E-state index is 0.244. The fraction of sp³-hybridized carbons (Fsp3) is 0.933. The lowest BCUT2D eigenvalue weighted by Gasteiger charge is -2.27. The minimum atomic E-state index is 0.244. The number of morpholine rings is 1. The molecule has 0 spiro atoms. The second kappa shape index (κ2) is 9.35. The van der Waals surface area contributed by atoms with Crippen LogP contribution in [0.1, 0.15) is 19.3 Å². The van der Waals surface area contributed by atoms with Crippen LogP contribution < -0.4 is 0 Å². The molecule has 2 fully saturated rings. The number of aliphatic hydroxyl groups excluding tert-OH is 1. The molecule has 2 aliphatic heterocycles. The van der Waals surface area contributed by atoms with Crippen molar-refractivity contribution in [3.8, 4) is 0 Å². The normalized spacial score (nSPS) is 22.2. The van der Waals surface area contributed by atoms with Gasteiger partial charge in [-0.25, -0.2) is 0 Å². The van der Waals surface area contributed by atoms with Crippen molar-refractivity contribution in [3.05, 3.63) is 0 Å². The Morgan fingerprint density at radius 2 is 1.62 bits per heavy atom. The number of β-amino-alcohol motifs (C(OH)–C–C–N with tert-alkyl or cyclic N) is 1. The van der Waals surface area contributed by atoms with Gasteiger partial charge in [0.15, 0.2) is 0 Å². The Kier molecular flexibility index (Phi) is 7.43. The molecule has 0 atom stereocenters. The van der Waals surface area contributed by atoms with Crippen LogP contribution in [0.5, 0.6) is 0 Å². The molecule has 2 rings (SSSR count). The fourth-order valence-electron chi connectivity index (χ4n) is 3.04. The van der Waals surface area contributed by atoms with Gasteiger partial charge in [-0.2, -0.15) is 0 Å². The van der Waals surface area contributed by atoms with E-state index in [2.05, 4.69) is 9.80 Å². The summed E-state index contributed by atoms with van der Waals surface area (Å²) in [6.45, 7) is 9.13. The topological polar surface area (TPSA) is 56.2 Å². The highest BCUT2D eigenvalue weighted by Crippen LogP contribution is 2.06. The van der Waals surface area contributed by atoms with Gasteiger partial charge in [0.1, 0.15) is 0 Å². The third kappa shape index (κ3) is 5.90. The molecule has 0 bridgehead atoms. The first kappa shape index (κ1) is 16.7. The monoisotopic (exact) mass is 299 g/mol. The van der Waals surface area contributed by atoms with Crippen LogP contribution in [0.25, 0.3) is 0 Å². The Labute approximate surface area is 127 Å². The van der Waals surface area contributed by atoms with E-state index in [0.717, 1.165) is 65.2 Å². The fourth-order valence-corrected chi connectivity index (χ4v) is 3.04. The lowest BCUT2D eigenvalue weighted by atomic mass is 10.2. The Morgan fingerprint density at radius 3 is 2.29 bits per heavy atom. The van der Waals surface area contributed by atoms with Crippen LogP contribution in [0.4, 0.5) is 0 Å². The van der Waals surface area contributed by atoms with Gasteiger partial charge in [0, 0.05) is 39.1 Å². The van der Waals surface area contributed by atoms with Gasteiger partial charge in [-0.15, -0.1) is 0 Å². The molecule has 0 aromatic rings. The Morgan fingerprint density at radius 1 is 0.952 bits per heavy atom. The molecule has 2 aliphatic rings. The molecule has 1 N–H and O–H groups in total. The van der Waals surface area contributed by atoms with Gasteiger partial charge in [-0.1, -0.05) is 0 Å². The maximum absolute atomic E-state index is 12.1. The molecule has 0 aromatic heterocycles. The average Bonchev–Trinajstić information content (AvgIpc) is 2.74. The molecular formula is C15H29N3O3. The summed E-state index contributed by atoms with van der Waals surface area (Å²) < 4.78 is 5.27. The van der Waals surface area contributed by atoms with E-state index in [-0.39, 0.29) is 12.5 Å². The summed E-state index contributed by atoms with van der Waals surface area (Å²) in [6.07, 6.45) is 2.74. The zero-order valence-electron chi connectivity index (χ0n) is 13.0. The van der Waals surface area contributed by atoms with Crippen LogP contribution in [-0.4, -0.2) is 97.9 Å². The number of nitrogens with zero attached hydrogens (tertiary/aromatic N) is 3. The molecule has 6 nitrogen and oxygen atoms in total. The molecule has 122 valence electrons. The molecule has 6 heteroatoms. The van der Waals surface area contributed by atoms with Crippen molar-refractivity contribution in [1.29, 1.82) is 0 Å². The van der Waals surface area contributed by atoms with Crippen molar-refractivity contribution >= 4 is 5.91 Å². The molecule has 2 heterocycles. The van der Waals surface area contributed by atoms with Crippen molar-refractivity contribution in [3.63, 3.8) is 0 Å². The number of carbonyl (C=O) groups excluding carboxylic acids is 1. The second-order valence-electron chi connectivity index (χ2n) is 5.86. The lowest BCUT2D eigenvalue weighted by Crippen LogP contribution is -2.41. The summed E-state index contributed by atoms with van der Waals surface area (Å²) in [5.41, 5.74) is 0. The van der Waals surface area contributed by atoms with Gasteiger partial charge in [-0.05, 0) is 32.5 Å². The highest BCUT2D eigenvalue weighted by molar-refractivity contribution is 5.76. The Hall–Kier alpha value is -0.690. The molecule has 0 saturated carbocycles. The largest absolute Gasteiger partial charge is 0.395 e. The van der Waals surface area contributed by atoms with Crippen molar-refractivity contribution in [1.82, 2.24) is 14.7 Å². The Bertz CT molecular complexity index is 309. The molecule has 1 amide bonds. The molecule has 21 heavy (non-hydrogen) atoms. The van der Waals surface area contributed by atoms with Crippen molar-refractivity contribution in [2.45, 2.75) is 19.3 Å². The summed E-state index contributed by atoms with van der Waals surface area (Å²) in [5, 5.41) is 9.00. The van der Waals surface area contributed by atoms with E-state index < -0.39 is 0 Å². The number of hydrogen-bond acceptors (Lipinski definition) is 5. The zero-order valence-corrected chi connectivity index (χ0v) is 13.0. The minimum Gasteiger partial charge on any atom is -0.395 e. The smallest absolute Gasteiger partial charge is 0.222 e. The first-order valence-corrected chi connectivity index (χ1v) is 8.20. The first-order valence-electron chi connectivity index (χ1n) is 8.20. The molecule has 0 unspecified atom stereocenters. The molecule has 0 radical (unpaired) electrons. The summed E-state index contributed by atoms with van der Waals surface area (Å²) in [5.74, 6) is 0.273. The number of rotatable bonds is 6. The van der Waals surface area contributed by atoms with Crippen LogP contribution in [0.3, 0.4) is 0 Å². The average molecular weight is 299 g/mol. The third-order valence-electron chi connectivity index (χ3n) is 4.33. The van der Waals surface area contributed by atoms with Gasteiger partial charge in [0.2, 0.25) is 5.91 Å². The molecular weight excluding hydrogens is 270 g/mol. The van der Waals surface area contributed by atoms with Crippen LogP contribution in [0.15, 0.2) is 0 Å². The van der Waals surface area contributed by atoms with Crippen LogP contribution in [-0.2, 0) is 9.53 Å². The van der Waals surface area contributed by atoms with E-state index in [1.54, 1.807) is 0 Å². The predicted molar refractivity (Wildman–Crippen MR) is 81.2 cm³/mol. The lowest BCUT2D eigenvalue weighted by molar-refractivity contribution is -0.135. The first-order chi connectivity index (χ1) is 10.3. The van der Waals surface area contributed by atoms with E-state index in [9.17, 15) is 4.79 Å². The van der Waals surface area contributed by atoms with Crippen LogP contribution in [0, 0.1) is 0 Å². The Balaban J connectivity index is 1.60. The molecule has 2 saturated heterocycles. The standard InChI is InChI=1S/C15H29N3O3/c19-12-9-17-6-2-5-16(7-8-17)4-1-3-15(20)18-10-13-21-14-11-18/h19H,1-14H2. The van der Waals surface area contributed by atoms with Gasteiger partial charge < -0.3 is 19.6 Å². The maximum Gasteiger partial charge on any atom is 0.222 e.